The number of nitrogens with zero attached hydrogens (tertiary/aromatic N) is 1. The Bertz CT molecular complexity index is 892. The number of carbonyl (C=O) groups excluding carboxylic acids is 1. The molecule has 0 aromatic heterocycles. The van der Waals surface area contributed by atoms with E-state index in [9.17, 15) is 4.79 Å². The first-order valence-corrected chi connectivity index (χ1v) is 16.2. The van der Waals surface area contributed by atoms with Crippen molar-refractivity contribution in [2.24, 2.45) is 0 Å². The minimum absolute atomic E-state index is 0.0145. The number of unbranched alkanes of at least 4 members (excludes halogenated alkanes) is 14. The third-order valence-corrected chi connectivity index (χ3v) is 8.14. The highest BCUT2D eigenvalue weighted by Gasteiger charge is 2.32. The molecule has 0 bridgehead atoms. The van der Waals surface area contributed by atoms with E-state index in [2.05, 4.69) is 27.9 Å². The largest absolute Gasteiger partial charge is 0.315 e. The second-order valence-corrected chi connectivity index (χ2v) is 11.9. The number of rotatable bonds is 23. The smallest absolute Gasteiger partial charge is 0.201 e. The zero-order valence-electron chi connectivity index (χ0n) is 25.8. The Morgan fingerprint density at radius 3 is 1.64 bits per heavy atom. The third-order valence-electron chi connectivity index (χ3n) is 8.14. The van der Waals surface area contributed by atoms with Gasteiger partial charge in [-0.3, -0.25) is 4.79 Å². The Balaban J connectivity index is 1.70. The highest BCUT2D eigenvalue weighted by Crippen LogP contribution is 2.28. The van der Waals surface area contributed by atoms with Crippen LogP contribution in [-0.4, -0.2) is 30.6 Å². The van der Waals surface area contributed by atoms with Gasteiger partial charge in [-0.25, -0.2) is 0 Å². The van der Waals surface area contributed by atoms with Crippen molar-refractivity contribution < 1.29 is 14.3 Å². The molecule has 0 N–H and O–H groups in total. The molecule has 0 aliphatic carbocycles. The zero-order chi connectivity index (χ0) is 28.2. The number of benzene rings is 2. The standard InChI is InChI=1S/C36H58NO2/c1-5-7-8-9-10-11-12-13-14-15-16-17-18-19-23-29-33(26-6-2)37(3,4)39-35-31-25-24-30-34(35)36(38)32-27-21-20-22-28-32/h20-22,24-25,27-28,30-31,33H,5-19,23,26,29H2,1-4H3/q+1. The summed E-state index contributed by atoms with van der Waals surface area (Å²) in [6, 6.07) is 17.6. The van der Waals surface area contributed by atoms with E-state index in [0.29, 0.717) is 27.6 Å². The van der Waals surface area contributed by atoms with Crippen LogP contribution < -0.4 is 4.84 Å². The van der Waals surface area contributed by atoms with Gasteiger partial charge in [0.05, 0.1) is 5.56 Å². The SMILES string of the molecule is CCCCCCCCCCCCCCCCCC(CCC)[N+](C)(C)Oc1ccccc1C(=O)c1ccccc1. The lowest BCUT2D eigenvalue weighted by molar-refractivity contribution is -1.07. The van der Waals surface area contributed by atoms with Gasteiger partial charge < -0.3 is 4.84 Å². The van der Waals surface area contributed by atoms with Crippen LogP contribution in [0.25, 0.3) is 0 Å². The minimum Gasteiger partial charge on any atom is -0.315 e. The molecule has 218 valence electrons. The summed E-state index contributed by atoms with van der Waals surface area (Å²) in [4.78, 5) is 19.8. The Morgan fingerprint density at radius 2 is 1.10 bits per heavy atom. The van der Waals surface area contributed by atoms with Crippen molar-refractivity contribution in [2.75, 3.05) is 14.1 Å². The lowest BCUT2D eigenvalue weighted by Gasteiger charge is -2.36. The fourth-order valence-corrected chi connectivity index (χ4v) is 5.66. The summed E-state index contributed by atoms with van der Waals surface area (Å²) in [5.74, 6) is 0.689. The first-order chi connectivity index (χ1) is 19.0. The highest BCUT2D eigenvalue weighted by molar-refractivity contribution is 6.10. The molecule has 0 fully saturated rings. The van der Waals surface area contributed by atoms with Crippen molar-refractivity contribution in [1.82, 2.24) is 0 Å². The van der Waals surface area contributed by atoms with Crippen LogP contribution in [0.2, 0.25) is 0 Å². The highest BCUT2D eigenvalue weighted by atomic mass is 16.7. The average molecular weight is 537 g/mol. The molecule has 0 aliphatic heterocycles. The molecule has 1 atom stereocenters. The van der Waals surface area contributed by atoms with E-state index in [1.165, 1.54) is 96.3 Å². The second kappa shape index (κ2) is 19.9. The summed E-state index contributed by atoms with van der Waals surface area (Å²) in [5.41, 5.74) is 1.33. The van der Waals surface area contributed by atoms with Crippen molar-refractivity contribution in [1.29, 1.82) is 0 Å². The van der Waals surface area contributed by atoms with E-state index in [0.717, 1.165) is 19.3 Å². The van der Waals surface area contributed by atoms with Crippen LogP contribution in [0.4, 0.5) is 0 Å². The molecule has 2 rings (SSSR count). The quantitative estimate of drug-likeness (QED) is 0.0611. The van der Waals surface area contributed by atoms with E-state index in [1.54, 1.807) is 0 Å². The summed E-state index contributed by atoms with van der Waals surface area (Å²) < 4.78 is 0.450. The van der Waals surface area contributed by atoms with Gasteiger partial charge in [0.2, 0.25) is 5.75 Å². The normalized spacial score (nSPS) is 12.4. The van der Waals surface area contributed by atoms with Gasteiger partial charge in [0.25, 0.3) is 0 Å². The Kier molecular flexibility index (Phi) is 16.8. The molecule has 39 heavy (non-hydrogen) atoms. The number of quaternary nitrogens is 1. The molecular weight excluding hydrogens is 478 g/mol. The molecule has 1 unspecified atom stereocenters. The van der Waals surface area contributed by atoms with Crippen LogP contribution in [0.3, 0.4) is 0 Å². The van der Waals surface area contributed by atoms with E-state index in [1.807, 2.05) is 54.6 Å². The predicted molar refractivity (Wildman–Crippen MR) is 167 cm³/mol. The van der Waals surface area contributed by atoms with Gasteiger partial charge in [-0.2, -0.15) is 0 Å². The van der Waals surface area contributed by atoms with Gasteiger partial charge in [-0.1, -0.05) is 153 Å². The lowest BCUT2D eigenvalue weighted by atomic mass is 10.0. The van der Waals surface area contributed by atoms with Crippen LogP contribution in [-0.2, 0) is 0 Å². The van der Waals surface area contributed by atoms with E-state index in [4.69, 9.17) is 4.84 Å². The number of hydrogen-bond acceptors (Lipinski definition) is 2. The summed E-state index contributed by atoms with van der Waals surface area (Å²) in [7, 11) is 4.30. The van der Waals surface area contributed by atoms with E-state index >= 15 is 0 Å². The summed E-state index contributed by atoms with van der Waals surface area (Å²) in [6.07, 6.45) is 24.3. The van der Waals surface area contributed by atoms with Gasteiger partial charge in [0, 0.05) is 18.4 Å². The van der Waals surface area contributed by atoms with Gasteiger partial charge in [-0.05, 0) is 18.6 Å². The fraction of sp³-hybridized carbons (Fsp3) is 0.639. The van der Waals surface area contributed by atoms with Crippen molar-refractivity contribution in [3.63, 3.8) is 0 Å². The Labute approximate surface area is 240 Å². The topological polar surface area (TPSA) is 26.3 Å². The molecular formula is C36H58NO2+. The number of para-hydroxylation sites is 1. The Hall–Kier alpha value is -2.13. The zero-order valence-corrected chi connectivity index (χ0v) is 25.8. The molecule has 0 saturated heterocycles. The number of hydrogen-bond donors (Lipinski definition) is 0. The van der Waals surface area contributed by atoms with Crippen LogP contribution in [0.1, 0.15) is 145 Å². The first kappa shape index (κ1) is 33.1. The first-order valence-electron chi connectivity index (χ1n) is 16.2. The maximum atomic E-state index is 13.2. The van der Waals surface area contributed by atoms with Crippen molar-refractivity contribution in [3.05, 3.63) is 65.7 Å². The van der Waals surface area contributed by atoms with Crippen LogP contribution in [0, 0.1) is 0 Å². The number of ketones is 1. The summed E-state index contributed by atoms with van der Waals surface area (Å²) in [6.45, 7) is 4.55. The van der Waals surface area contributed by atoms with Crippen molar-refractivity contribution in [2.45, 2.75) is 135 Å². The Morgan fingerprint density at radius 1 is 0.615 bits per heavy atom. The molecule has 0 spiro atoms. The molecule has 0 saturated carbocycles. The molecule has 0 heterocycles. The maximum Gasteiger partial charge on any atom is 0.201 e. The lowest BCUT2D eigenvalue weighted by Crippen LogP contribution is -2.51. The molecule has 0 radical (unpaired) electrons. The van der Waals surface area contributed by atoms with Crippen LogP contribution >= 0.6 is 0 Å². The fourth-order valence-electron chi connectivity index (χ4n) is 5.66. The van der Waals surface area contributed by atoms with E-state index in [-0.39, 0.29) is 5.78 Å². The van der Waals surface area contributed by atoms with Gasteiger partial charge in [0.1, 0.15) is 20.1 Å². The maximum absolute atomic E-state index is 13.2. The van der Waals surface area contributed by atoms with Crippen LogP contribution in [0.15, 0.2) is 54.6 Å². The number of carbonyl (C=O) groups is 1. The third kappa shape index (κ3) is 13.2. The van der Waals surface area contributed by atoms with Gasteiger partial charge >= 0.3 is 0 Å². The van der Waals surface area contributed by atoms with Crippen molar-refractivity contribution in [3.8, 4) is 5.75 Å². The summed E-state index contributed by atoms with van der Waals surface area (Å²) in [5, 5.41) is 0. The molecule has 2 aromatic rings. The minimum atomic E-state index is 0.0145. The monoisotopic (exact) mass is 536 g/mol. The van der Waals surface area contributed by atoms with Gasteiger partial charge in [0.15, 0.2) is 5.78 Å². The molecule has 2 aromatic carbocycles. The molecule has 3 nitrogen and oxygen atoms in total. The van der Waals surface area contributed by atoms with E-state index < -0.39 is 0 Å². The second-order valence-electron chi connectivity index (χ2n) is 11.9. The molecule has 0 aliphatic rings. The average Bonchev–Trinajstić information content (AvgIpc) is 2.94. The molecule has 3 heteroatoms. The molecule has 0 amide bonds. The van der Waals surface area contributed by atoms with Crippen molar-refractivity contribution >= 4 is 5.78 Å². The number of hydroxylamine groups is 3. The predicted octanol–water partition coefficient (Wildman–Crippen LogP) is 10.7. The van der Waals surface area contributed by atoms with Gasteiger partial charge in [-0.15, -0.1) is 4.65 Å². The van der Waals surface area contributed by atoms with Crippen LogP contribution in [0.5, 0.6) is 5.75 Å². The summed E-state index contributed by atoms with van der Waals surface area (Å²) >= 11 is 0.